The highest BCUT2D eigenvalue weighted by Gasteiger charge is 2.30. The molecular weight excluding hydrogens is 453 g/mol. The van der Waals surface area contributed by atoms with Crippen molar-refractivity contribution in [1.82, 2.24) is 10.2 Å². The number of halogens is 3. The van der Waals surface area contributed by atoms with Crippen molar-refractivity contribution in [1.29, 1.82) is 0 Å². The van der Waals surface area contributed by atoms with E-state index in [1.807, 2.05) is 13.0 Å². The number of rotatable bonds is 9. The predicted molar refractivity (Wildman–Crippen MR) is 113 cm³/mol. The molecule has 0 atom stereocenters. The van der Waals surface area contributed by atoms with E-state index in [0.29, 0.717) is 33.2 Å². The number of amides is 1. The van der Waals surface area contributed by atoms with Gasteiger partial charge in [-0.05, 0) is 43.3 Å². The van der Waals surface area contributed by atoms with Crippen LogP contribution in [0.4, 0.5) is 29.7 Å². The number of hydrogen-bond donors (Lipinski definition) is 2. The standard InChI is InChI=1S/C19H17F3N4O3S2/c1-2-28-15-6-4-3-5-14(15)24-16(27)11-30-18-26-25-17(31-18)23-12-7-9-13(10-8-12)29-19(20,21)22/h3-10H,2,11H2,1H3,(H,23,25)(H,24,27). The van der Waals surface area contributed by atoms with Gasteiger partial charge in [0.05, 0.1) is 18.0 Å². The summed E-state index contributed by atoms with van der Waals surface area (Å²) in [5.41, 5.74) is 1.11. The summed E-state index contributed by atoms with van der Waals surface area (Å²) in [6.07, 6.45) is -4.74. The quantitative estimate of drug-likeness (QED) is 0.410. The number of aromatic nitrogens is 2. The average Bonchev–Trinajstić information content (AvgIpc) is 3.16. The lowest BCUT2D eigenvalue weighted by molar-refractivity contribution is -0.274. The number of benzene rings is 2. The minimum absolute atomic E-state index is 0.124. The molecule has 0 bridgehead atoms. The monoisotopic (exact) mass is 470 g/mol. The molecule has 0 saturated carbocycles. The Balaban J connectivity index is 1.50. The first kappa shape index (κ1) is 22.7. The molecule has 3 aromatic rings. The molecule has 0 unspecified atom stereocenters. The number of thioether (sulfide) groups is 1. The van der Waals surface area contributed by atoms with Gasteiger partial charge in [0.15, 0.2) is 4.34 Å². The van der Waals surface area contributed by atoms with E-state index in [9.17, 15) is 18.0 Å². The van der Waals surface area contributed by atoms with Crippen LogP contribution in [-0.2, 0) is 4.79 Å². The summed E-state index contributed by atoms with van der Waals surface area (Å²) < 4.78 is 46.5. The van der Waals surface area contributed by atoms with Gasteiger partial charge in [-0.1, -0.05) is 35.2 Å². The number of ether oxygens (including phenoxy) is 2. The van der Waals surface area contributed by atoms with Crippen LogP contribution in [0.1, 0.15) is 6.92 Å². The first-order valence-electron chi connectivity index (χ1n) is 8.93. The van der Waals surface area contributed by atoms with E-state index in [2.05, 4.69) is 25.6 Å². The summed E-state index contributed by atoms with van der Waals surface area (Å²) in [7, 11) is 0. The van der Waals surface area contributed by atoms with E-state index < -0.39 is 6.36 Å². The van der Waals surface area contributed by atoms with Crippen molar-refractivity contribution in [3.05, 3.63) is 48.5 Å². The van der Waals surface area contributed by atoms with E-state index in [4.69, 9.17) is 4.74 Å². The van der Waals surface area contributed by atoms with Crippen LogP contribution in [0.3, 0.4) is 0 Å². The zero-order valence-electron chi connectivity index (χ0n) is 16.1. The van der Waals surface area contributed by atoms with Crippen LogP contribution < -0.4 is 20.1 Å². The van der Waals surface area contributed by atoms with Crippen molar-refractivity contribution in [3.8, 4) is 11.5 Å². The van der Waals surface area contributed by atoms with Gasteiger partial charge in [-0.15, -0.1) is 23.4 Å². The maximum absolute atomic E-state index is 12.2. The van der Waals surface area contributed by atoms with E-state index in [0.717, 1.165) is 0 Å². The van der Waals surface area contributed by atoms with Gasteiger partial charge in [-0.2, -0.15) is 0 Å². The van der Waals surface area contributed by atoms with Crippen molar-refractivity contribution in [2.45, 2.75) is 17.6 Å². The molecule has 0 aliphatic heterocycles. The maximum Gasteiger partial charge on any atom is 0.573 e. The van der Waals surface area contributed by atoms with Gasteiger partial charge in [0.2, 0.25) is 11.0 Å². The Labute approximate surface area is 184 Å². The number of nitrogens with one attached hydrogen (secondary N) is 2. The molecule has 0 spiro atoms. The highest BCUT2D eigenvalue weighted by atomic mass is 32.2. The smallest absolute Gasteiger partial charge is 0.492 e. The van der Waals surface area contributed by atoms with Crippen LogP contribution in [0.5, 0.6) is 11.5 Å². The molecule has 0 aliphatic rings. The molecule has 2 aromatic carbocycles. The molecule has 7 nitrogen and oxygen atoms in total. The van der Waals surface area contributed by atoms with Gasteiger partial charge in [-0.3, -0.25) is 4.79 Å². The molecular formula is C19H17F3N4O3S2. The topological polar surface area (TPSA) is 85.4 Å². The molecule has 164 valence electrons. The SMILES string of the molecule is CCOc1ccccc1NC(=O)CSc1nnc(Nc2ccc(OC(F)(F)F)cc2)s1. The van der Waals surface area contributed by atoms with Crippen LogP contribution in [-0.4, -0.2) is 34.8 Å². The van der Waals surface area contributed by atoms with Gasteiger partial charge in [0.1, 0.15) is 11.5 Å². The summed E-state index contributed by atoms with van der Waals surface area (Å²) in [6, 6.07) is 12.4. The predicted octanol–water partition coefficient (Wildman–Crippen LogP) is 5.31. The molecule has 3 rings (SSSR count). The summed E-state index contributed by atoms with van der Waals surface area (Å²) in [6.45, 7) is 2.35. The minimum Gasteiger partial charge on any atom is -0.492 e. The van der Waals surface area contributed by atoms with E-state index in [-0.39, 0.29) is 17.4 Å². The zero-order chi connectivity index (χ0) is 22.3. The maximum atomic E-state index is 12.2. The lowest BCUT2D eigenvalue weighted by Gasteiger charge is -2.10. The molecule has 1 amide bonds. The summed E-state index contributed by atoms with van der Waals surface area (Å²) in [5.74, 6) is 0.182. The van der Waals surface area contributed by atoms with Crippen molar-refractivity contribution in [3.63, 3.8) is 0 Å². The van der Waals surface area contributed by atoms with E-state index in [1.165, 1.54) is 47.4 Å². The molecule has 31 heavy (non-hydrogen) atoms. The van der Waals surface area contributed by atoms with E-state index >= 15 is 0 Å². The highest BCUT2D eigenvalue weighted by molar-refractivity contribution is 8.01. The third-order valence-corrected chi connectivity index (χ3v) is 5.51. The zero-order valence-corrected chi connectivity index (χ0v) is 17.7. The summed E-state index contributed by atoms with van der Waals surface area (Å²) in [5, 5.41) is 14.1. The van der Waals surface area contributed by atoms with Crippen LogP contribution in [0.25, 0.3) is 0 Å². The summed E-state index contributed by atoms with van der Waals surface area (Å²) in [4.78, 5) is 12.2. The van der Waals surface area contributed by atoms with Gasteiger partial charge in [-0.25, -0.2) is 0 Å². The third kappa shape index (κ3) is 7.33. The largest absolute Gasteiger partial charge is 0.573 e. The van der Waals surface area contributed by atoms with Crippen LogP contribution in [0, 0.1) is 0 Å². The van der Waals surface area contributed by atoms with Crippen molar-refractivity contribution >= 4 is 45.5 Å². The fourth-order valence-electron chi connectivity index (χ4n) is 2.35. The summed E-state index contributed by atoms with van der Waals surface area (Å²) >= 11 is 2.43. The number of carbonyl (C=O) groups excluding carboxylic acids is 1. The molecule has 2 N–H and O–H groups in total. The molecule has 0 radical (unpaired) electrons. The second kappa shape index (κ2) is 10.4. The normalized spacial score (nSPS) is 11.1. The Kier molecular flexibility index (Phi) is 7.58. The van der Waals surface area contributed by atoms with Crippen LogP contribution >= 0.6 is 23.1 Å². The Bertz CT molecular complexity index is 1010. The van der Waals surface area contributed by atoms with Gasteiger partial charge in [0.25, 0.3) is 0 Å². The Morgan fingerprint density at radius 2 is 1.87 bits per heavy atom. The minimum atomic E-state index is -4.74. The number of carbonyl (C=O) groups is 1. The average molecular weight is 470 g/mol. The van der Waals surface area contributed by atoms with Crippen LogP contribution in [0.15, 0.2) is 52.9 Å². The number of anilines is 3. The number of para-hydroxylation sites is 2. The number of nitrogens with zero attached hydrogens (tertiary/aromatic N) is 2. The fourth-order valence-corrected chi connectivity index (χ4v) is 3.92. The number of hydrogen-bond acceptors (Lipinski definition) is 8. The molecule has 1 heterocycles. The number of alkyl halides is 3. The van der Waals surface area contributed by atoms with Crippen molar-refractivity contribution in [2.75, 3.05) is 23.0 Å². The van der Waals surface area contributed by atoms with Crippen molar-refractivity contribution in [2.24, 2.45) is 0 Å². The second-order valence-electron chi connectivity index (χ2n) is 5.84. The van der Waals surface area contributed by atoms with Gasteiger partial charge < -0.3 is 20.1 Å². The van der Waals surface area contributed by atoms with Gasteiger partial charge in [0, 0.05) is 5.69 Å². The fraction of sp³-hybridized carbons (Fsp3) is 0.211. The molecule has 0 aliphatic carbocycles. The Morgan fingerprint density at radius 3 is 2.58 bits per heavy atom. The Hall–Kier alpha value is -2.99. The first-order valence-corrected chi connectivity index (χ1v) is 10.7. The highest BCUT2D eigenvalue weighted by Crippen LogP contribution is 2.30. The molecule has 12 heteroatoms. The van der Waals surface area contributed by atoms with E-state index in [1.54, 1.807) is 18.2 Å². The van der Waals surface area contributed by atoms with Crippen LogP contribution in [0.2, 0.25) is 0 Å². The second-order valence-corrected chi connectivity index (χ2v) is 8.04. The van der Waals surface area contributed by atoms with Crippen molar-refractivity contribution < 1.29 is 27.4 Å². The molecule has 0 saturated heterocycles. The first-order chi connectivity index (χ1) is 14.8. The molecule has 1 aromatic heterocycles. The lowest BCUT2D eigenvalue weighted by atomic mass is 10.3. The Morgan fingerprint density at radius 1 is 1.13 bits per heavy atom. The van der Waals surface area contributed by atoms with Gasteiger partial charge >= 0.3 is 6.36 Å². The third-order valence-electron chi connectivity index (χ3n) is 3.53. The molecule has 0 fully saturated rings. The lowest BCUT2D eigenvalue weighted by Crippen LogP contribution is -2.16.